The Kier molecular flexibility index (Phi) is 4.94. The molecular formula is C18H20O2. The summed E-state index contributed by atoms with van der Waals surface area (Å²) in [5.74, 6) is -0.882. The lowest BCUT2D eigenvalue weighted by Gasteiger charge is -2.10. The third-order valence-corrected chi connectivity index (χ3v) is 3.51. The van der Waals surface area contributed by atoms with Gasteiger partial charge >= 0.3 is 5.97 Å². The molecule has 0 saturated heterocycles. The van der Waals surface area contributed by atoms with E-state index in [1.807, 2.05) is 18.2 Å². The molecule has 0 amide bonds. The SMILES string of the molecule is CCCCCc1ccccc1-c1ccc(C(=O)O)cc1. The fourth-order valence-corrected chi connectivity index (χ4v) is 2.38. The van der Waals surface area contributed by atoms with Crippen LogP contribution in [-0.4, -0.2) is 11.1 Å². The Morgan fingerprint density at radius 3 is 2.35 bits per heavy atom. The molecule has 2 aromatic carbocycles. The van der Waals surface area contributed by atoms with E-state index in [9.17, 15) is 4.79 Å². The molecule has 1 N–H and O–H groups in total. The standard InChI is InChI=1S/C18H20O2/c1-2-3-4-7-14-8-5-6-9-17(14)15-10-12-16(13-11-15)18(19)20/h5-6,8-13H,2-4,7H2,1H3,(H,19,20). The van der Waals surface area contributed by atoms with Crippen molar-refractivity contribution in [1.82, 2.24) is 0 Å². The largest absolute Gasteiger partial charge is 0.478 e. The minimum absolute atomic E-state index is 0.331. The lowest BCUT2D eigenvalue weighted by molar-refractivity contribution is 0.0697. The van der Waals surface area contributed by atoms with Crippen LogP contribution in [0.1, 0.15) is 42.1 Å². The van der Waals surface area contributed by atoms with Gasteiger partial charge in [0.2, 0.25) is 0 Å². The molecule has 0 saturated carbocycles. The van der Waals surface area contributed by atoms with Crippen molar-refractivity contribution < 1.29 is 9.90 Å². The predicted molar refractivity (Wildman–Crippen MR) is 82.1 cm³/mol. The molecular weight excluding hydrogens is 248 g/mol. The third-order valence-electron chi connectivity index (χ3n) is 3.51. The van der Waals surface area contributed by atoms with Crippen molar-refractivity contribution in [2.75, 3.05) is 0 Å². The van der Waals surface area contributed by atoms with E-state index in [-0.39, 0.29) is 0 Å². The van der Waals surface area contributed by atoms with Crippen LogP contribution < -0.4 is 0 Å². The lowest BCUT2D eigenvalue weighted by Crippen LogP contribution is -1.96. The summed E-state index contributed by atoms with van der Waals surface area (Å²) in [5.41, 5.74) is 3.96. The Labute approximate surface area is 120 Å². The number of hydrogen-bond donors (Lipinski definition) is 1. The molecule has 0 radical (unpaired) electrons. The van der Waals surface area contributed by atoms with Gasteiger partial charge in [0, 0.05) is 0 Å². The summed E-state index contributed by atoms with van der Waals surface area (Å²) in [6, 6.07) is 15.5. The van der Waals surface area contributed by atoms with Crippen LogP contribution in [0.15, 0.2) is 48.5 Å². The normalized spacial score (nSPS) is 10.4. The molecule has 0 fully saturated rings. The van der Waals surface area contributed by atoms with E-state index in [0.29, 0.717) is 5.56 Å². The van der Waals surface area contributed by atoms with Crippen LogP contribution in [0.3, 0.4) is 0 Å². The second kappa shape index (κ2) is 6.90. The summed E-state index contributed by atoms with van der Waals surface area (Å²) < 4.78 is 0. The summed E-state index contributed by atoms with van der Waals surface area (Å²) in [5, 5.41) is 8.94. The number of aromatic carboxylic acids is 1. The number of hydrogen-bond acceptors (Lipinski definition) is 1. The van der Waals surface area contributed by atoms with Gasteiger partial charge in [-0.2, -0.15) is 0 Å². The van der Waals surface area contributed by atoms with Gasteiger partial charge in [-0.15, -0.1) is 0 Å². The van der Waals surface area contributed by atoms with Crippen LogP contribution in [0, 0.1) is 0 Å². The Bertz CT molecular complexity index is 570. The summed E-state index contributed by atoms with van der Waals surface area (Å²) >= 11 is 0. The Balaban J connectivity index is 2.25. The number of carboxylic acid groups (broad SMARTS) is 1. The quantitative estimate of drug-likeness (QED) is 0.765. The van der Waals surface area contributed by atoms with Gasteiger partial charge in [-0.25, -0.2) is 4.79 Å². The third kappa shape index (κ3) is 3.47. The molecule has 0 bridgehead atoms. The summed E-state index contributed by atoms with van der Waals surface area (Å²) in [7, 11) is 0. The number of unbranched alkanes of at least 4 members (excludes halogenated alkanes) is 2. The fraction of sp³-hybridized carbons (Fsp3) is 0.278. The van der Waals surface area contributed by atoms with Crippen molar-refractivity contribution in [3.8, 4) is 11.1 Å². The van der Waals surface area contributed by atoms with E-state index in [1.165, 1.54) is 30.4 Å². The molecule has 2 heteroatoms. The number of rotatable bonds is 6. The highest BCUT2D eigenvalue weighted by atomic mass is 16.4. The number of carbonyl (C=O) groups is 1. The molecule has 0 unspecified atom stereocenters. The molecule has 0 aromatic heterocycles. The Morgan fingerprint density at radius 1 is 1.00 bits per heavy atom. The fourth-order valence-electron chi connectivity index (χ4n) is 2.38. The van der Waals surface area contributed by atoms with Gasteiger partial charge in [-0.3, -0.25) is 0 Å². The average molecular weight is 268 g/mol. The first-order valence-electron chi connectivity index (χ1n) is 7.14. The first-order chi connectivity index (χ1) is 9.72. The van der Waals surface area contributed by atoms with Gasteiger partial charge in [-0.05, 0) is 41.7 Å². The minimum Gasteiger partial charge on any atom is -0.478 e. The zero-order chi connectivity index (χ0) is 14.4. The molecule has 0 atom stereocenters. The van der Waals surface area contributed by atoms with Crippen LogP contribution >= 0.6 is 0 Å². The molecule has 20 heavy (non-hydrogen) atoms. The molecule has 0 aliphatic heterocycles. The van der Waals surface area contributed by atoms with Gasteiger partial charge in [0.1, 0.15) is 0 Å². The van der Waals surface area contributed by atoms with Gasteiger partial charge in [0.05, 0.1) is 5.56 Å². The molecule has 0 spiro atoms. The number of benzene rings is 2. The van der Waals surface area contributed by atoms with Gasteiger partial charge in [0.15, 0.2) is 0 Å². The first-order valence-corrected chi connectivity index (χ1v) is 7.14. The van der Waals surface area contributed by atoms with Gasteiger partial charge < -0.3 is 5.11 Å². The molecule has 2 nitrogen and oxygen atoms in total. The van der Waals surface area contributed by atoms with Crippen LogP contribution in [0.25, 0.3) is 11.1 Å². The van der Waals surface area contributed by atoms with Crippen molar-refractivity contribution in [3.63, 3.8) is 0 Å². The maximum Gasteiger partial charge on any atom is 0.335 e. The molecule has 104 valence electrons. The van der Waals surface area contributed by atoms with Crippen molar-refractivity contribution in [2.45, 2.75) is 32.6 Å². The van der Waals surface area contributed by atoms with E-state index >= 15 is 0 Å². The topological polar surface area (TPSA) is 37.3 Å². The van der Waals surface area contributed by atoms with Crippen LogP contribution in [0.4, 0.5) is 0 Å². The maximum absolute atomic E-state index is 10.9. The minimum atomic E-state index is -0.882. The van der Waals surface area contributed by atoms with Crippen molar-refractivity contribution in [3.05, 3.63) is 59.7 Å². The van der Waals surface area contributed by atoms with Gasteiger partial charge in [0.25, 0.3) is 0 Å². The number of aryl methyl sites for hydroxylation is 1. The second-order valence-electron chi connectivity index (χ2n) is 5.00. The number of carboxylic acids is 1. The maximum atomic E-state index is 10.9. The first kappa shape index (κ1) is 14.3. The van der Waals surface area contributed by atoms with Gasteiger partial charge in [-0.1, -0.05) is 56.2 Å². The van der Waals surface area contributed by atoms with E-state index in [0.717, 1.165) is 12.0 Å². The Morgan fingerprint density at radius 2 is 1.70 bits per heavy atom. The summed E-state index contributed by atoms with van der Waals surface area (Å²) in [6.45, 7) is 2.20. The predicted octanol–water partition coefficient (Wildman–Crippen LogP) is 4.78. The van der Waals surface area contributed by atoms with Crippen LogP contribution in [0.5, 0.6) is 0 Å². The van der Waals surface area contributed by atoms with Crippen LogP contribution in [0.2, 0.25) is 0 Å². The van der Waals surface area contributed by atoms with Crippen molar-refractivity contribution >= 4 is 5.97 Å². The molecule has 0 aliphatic carbocycles. The smallest absolute Gasteiger partial charge is 0.335 e. The molecule has 2 aromatic rings. The summed E-state index contributed by atoms with van der Waals surface area (Å²) in [6.07, 6.45) is 4.73. The molecule has 0 heterocycles. The van der Waals surface area contributed by atoms with E-state index < -0.39 is 5.97 Å². The van der Waals surface area contributed by atoms with Crippen LogP contribution in [-0.2, 0) is 6.42 Å². The molecule has 0 aliphatic rings. The summed E-state index contributed by atoms with van der Waals surface area (Å²) in [4.78, 5) is 10.9. The van der Waals surface area contributed by atoms with E-state index in [4.69, 9.17) is 5.11 Å². The lowest BCUT2D eigenvalue weighted by atomic mass is 9.95. The monoisotopic (exact) mass is 268 g/mol. The highest BCUT2D eigenvalue weighted by molar-refractivity contribution is 5.88. The second-order valence-corrected chi connectivity index (χ2v) is 5.00. The molecule has 2 rings (SSSR count). The highest BCUT2D eigenvalue weighted by Crippen LogP contribution is 2.25. The average Bonchev–Trinajstić information content (AvgIpc) is 2.48. The van der Waals surface area contributed by atoms with Crippen molar-refractivity contribution in [1.29, 1.82) is 0 Å². The van der Waals surface area contributed by atoms with E-state index in [1.54, 1.807) is 12.1 Å². The highest BCUT2D eigenvalue weighted by Gasteiger charge is 2.06. The van der Waals surface area contributed by atoms with E-state index in [2.05, 4.69) is 25.1 Å². The van der Waals surface area contributed by atoms with Crippen molar-refractivity contribution in [2.24, 2.45) is 0 Å². The Hall–Kier alpha value is -2.09. The zero-order valence-electron chi connectivity index (χ0n) is 11.8. The zero-order valence-corrected chi connectivity index (χ0v) is 11.8.